The second-order valence-corrected chi connectivity index (χ2v) is 1.54. The Morgan fingerprint density at radius 2 is 0.800 bits per heavy atom. The summed E-state index contributed by atoms with van der Waals surface area (Å²) in [6, 6.07) is 0. The predicted octanol–water partition coefficient (Wildman–Crippen LogP) is -15.3. The van der Waals surface area contributed by atoms with Crippen LogP contribution in [0.1, 0.15) is 7.13 Å². The molecule has 10 heavy (non-hydrogen) atoms. The van der Waals surface area contributed by atoms with E-state index in [-0.39, 0.29) is 264 Å². The van der Waals surface area contributed by atoms with Gasteiger partial charge < -0.3 is 21.8 Å². The molecule has 0 radical (unpaired) electrons. The Labute approximate surface area is 280 Å². The van der Waals surface area contributed by atoms with E-state index in [1.165, 1.54) is 0 Å². The van der Waals surface area contributed by atoms with Crippen LogP contribution in [0, 0.1) is 0 Å². The van der Waals surface area contributed by atoms with Crippen LogP contribution in [0.15, 0.2) is 0 Å². The van der Waals surface area contributed by atoms with E-state index in [0.29, 0.717) is 0 Å². The number of hydrogen-bond acceptors (Lipinski definition) is 1. The third-order valence-corrected chi connectivity index (χ3v) is 0. The zero-order valence-electron chi connectivity index (χ0n) is 12.2. The Morgan fingerprint density at radius 3 is 0.800 bits per heavy atom. The van der Waals surface area contributed by atoms with Gasteiger partial charge in [0.15, 0.2) is 0 Å². The van der Waals surface area contributed by atoms with Gasteiger partial charge in [-0.2, -0.15) is 0 Å². The van der Waals surface area contributed by atoms with Gasteiger partial charge in [-0.15, -0.1) is 0 Å². The average Bonchev–Trinajstić information content (AvgIpc) is 0.722. The molecule has 0 aliphatic carbocycles. The van der Waals surface area contributed by atoms with E-state index in [9.17, 15) is 0 Å². The molecule has 0 saturated heterocycles. The van der Waals surface area contributed by atoms with Gasteiger partial charge in [0.25, 0.3) is 0 Å². The van der Waals surface area contributed by atoms with Gasteiger partial charge in [-0.25, -0.2) is 4.57 Å². The maximum Gasteiger partial charge on any atom is 1.00 e. The minimum atomic E-state index is -4.64. The Morgan fingerprint density at radius 1 is 0.800 bits per heavy atom. The van der Waals surface area contributed by atoms with Crippen LogP contribution in [0.4, 0.5) is 0 Å². The van der Waals surface area contributed by atoms with Gasteiger partial charge >= 0.3 is 265 Å². The summed E-state index contributed by atoms with van der Waals surface area (Å²) in [5, 5.41) is 0. The van der Waals surface area contributed by atoms with Crippen LogP contribution in [0.3, 0.4) is 0 Å². The molecule has 3 N–H and O–H groups in total. The largest absolute Gasteiger partial charge is 1.00 e. The average molecular weight is 299 g/mol. The fourth-order valence-corrected chi connectivity index (χ4v) is 0. The van der Waals surface area contributed by atoms with Crippen LogP contribution in [0.5, 0.6) is 0 Å². The zero-order valence-corrected chi connectivity index (χ0v) is 23.7. The molecule has 0 bridgehead atoms. The summed E-state index contributed by atoms with van der Waals surface area (Å²) >= 11 is 0. The molecular formula is H8K5O4P. The standard InChI is InChI=1S/5K.H3O4P.5H/c;;;;;1-5(2,3)4;;;;;/h;;;;;(H3,1,2,3,4);;;;;/q5*+1;;5*-1. The molecular weight excluding hydrogens is 290 g/mol. The van der Waals surface area contributed by atoms with Crippen LogP contribution >= 0.6 is 7.82 Å². The molecule has 0 aliphatic rings. The minimum Gasteiger partial charge on any atom is -1.00 e. The van der Waals surface area contributed by atoms with Crippen molar-refractivity contribution >= 4 is 7.82 Å². The fraction of sp³-hybridized carbons (Fsp3) is 0. The van der Waals surface area contributed by atoms with E-state index in [1.54, 1.807) is 0 Å². The van der Waals surface area contributed by atoms with E-state index in [1.807, 2.05) is 0 Å². The van der Waals surface area contributed by atoms with Crippen LogP contribution in [-0.2, 0) is 4.57 Å². The topological polar surface area (TPSA) is 77.8 Å². The maximum atomic E-state index is 8.88. The number of rotatable bonds is 0. The molecule has 0 unspecified atom stereocenters. The first-order valence-corrected chi connectivity index (χ1v) is 2.35. The monoisotopic (exact) mass is 298 g/mol. The summed E-state index contributed by atoms with van der Waals surface area (Å²) in [7, 11) is -4.64. The summed E-state index contributed by atoms with van der Waals surface area (Å²) in [6.45, 7) is 0. The molecule has 0 saturated carbocycles. The van der Waals surface area contributed by atoms with Crippen molar-refractivity contribution in [3.63, 3.8) is 0 Å². The Hall–Kier alpha value is 8.29. The summed E-state index contributed by atoms with van der Waals surface area (Å²) in [5.74, 6) is 0. The second kappa shape index (κ2) is 22.5. The van der Waals surface area contributed by atoms with Crippen molar-refractivity contribution in [3.05, 3.63) is 0 Å². The molecule has 0 amide bonds. The zero-order chi connectivity index (χ0) is 4.50. The van der Waals surface area contributed by atoms with Gasteiger partial charge in [0.05, 0.1) is 0 Å². The van der Waals surface area contributed by atoms with Gasteiger partial charge in [0.2, 0.25) is 0 Å². The van der Waals surface area contributed by atoms with Gasteiger partial charge in [0.1, 0.15) is 0 Å². The fourth-order valence-electron chi connectivity index (χ4n) is 0. The van der Waals surface area contributed by atoms with Crippen molar-refractivity contribution in [3.8, 4) is 0 Å². The molecule has 0 aromatic carbocycles. The van der Waals surface area contributed by atoms with Gasteiger partial charge in [-0.1, -0.05) is 0 Å². The molecule has 0 aromatic heterocycles. The minimum absolute atomic E-state index is 0. The number of phosphoric acid groups is 1. The van der Waals surface area contributed by atoms with Crippen LogP contribution in [0.25, 0.3) is 0 Å². The van der Waals surface area contributed by atoms with Crippen molar-refractivity contribution in [2.75, 3.05) is 0 Å². The predicted molar refractivity (Wildman–Crippen MR) is 19.8 cm³/mol. The SMILES string of the molecule is O=P(O)(O)O.[H-].[H-].[H-].[H-].[H-].[K+].[K+].[K+].[K+].[K+]. The first-order chi connectivity index (χ1) is 2.00. The Balaban J connectivity index is -0.00000000178. The molecule has 10 heteroatoms. The van der Waals surface area contributed by atoms with Crippen LogP contribution in [-0.4, -0.2) is 14.7 Å². The van der Waals surface area contributed by atoms with Crippen molar-refractivity contribution in [1.82, 2.24) is 0 Å². The normalized spacial score (nSPS) is 5.90. The molecule has 0 spiro atoms. The molecule has 0 heterocycles. The van der Waals surface area contributed by atoms with E-state index in [0.717, 1.165) is 0 Å². The quantitative estimate of drug-likeness (QED) is 0.307. The van der Waals surface area contributed by atoms with Gasteiger partial charge in [-0.05, 0) is 0 Å². The van der Waals surface area contributed by atoms with Gasteiger partial charge in [-0.3, -0.25) is 0 Å². The van der Waals surface area contributed by atoms with Crippen molar-refractivity contribution < 1.29 is 283 Å². The summed E-state index contributed by atoms with van der Waals surface area (Å²) < 4.78 is 8.88. The number of hydrogen-bond donors (Lipinski definition) is 3. The Bertz CT molecular complexity index is 73.6. The first kappa shape index (κ1) is 36.2. The molecule has 42 valence electrons. The molecule has 0 fully saturated rings. The maximum absolute atomic E-state index is 8.88. The third kappa shape index (κ3) is 55.4. The van der Waals surface area contributed by atoms with Crippen molar-refractivity contribution in [2.45, 2.75) is 0 Å². The molecule has 0 atom stereocenters. The second-order valence-electron chi connectivity index (χ2n) is 0.513. The van der Waals surface area contributed by atoms with Crippen LogP contribution in [0.2, 0.25) is 0 Å². The first-order valence-electron chi connectivity index (χ1n) is 0.783. The summed E-state index contributed by atoms with van der Waals surface area (Å²) in [6.07, 6.45) is 0. The molecule has 0 rings (SSSR count). The molecule has 4 nitrogen and oxygen atoms in total. The summed E-state index contributed by atoms with van der Waals surface area (Å²) in [4.78, 5) is 21.6. The van der Waals surface area contributed by atoms with Crippen molar-refractivity contribution in [1.29, 1.82) is 0 Å². The van der Waals surface area contributed by atoms with E-state index in [4.69, 9.17) is 19.2 Å². The Kier molecular flexibility index (Phi) is 81.3. The molecule has 0 aromatic rings. The van der Waals surface area contributed by atoms with Crippen LogP contribution < -0.4 is 257 Å². The van der Waals surface area contributed by atoms with Crippen molar-refractivity contribution in [2.24, 2.45) is 0 Å². The van der Waals surface area contributed by atoms with E-state index >= 15 is 0 Å². The summed E-state index contributed by atoms with van der Waals surface area (Å²) in [5.41, 5.74) is 0. The third-order valence-electron chi connectivity index (χ3n) is 0. The van der Waals surface area contributed by atoms with Gasteiger partial charge in [0, 0.05) is 0 Å². The van der Waals surface area contributed by atoms with E-state index in [2.05, 4.69) is 0 Å². The smallest absolute Gasteiger partial charge is 1.00 e. The molecule has 0 aliphatic heterocycles. The van der Waals surface area contributed by atoms with E-state index < -0.39 is 7.82 Å².